The van der Waals surface area contributed by atoms with E-state index in [9.17, 15) is 0 Å². The second kappa shape index (κ2) is 8.11. The number of hydrogen-bond acceptors (Lipinski definition) is 0. The molecule has 0 spiro atoms. The first-order valence-corrected chi connectivity index (χ1v) is 11.6. The van der Waals surface area contributed by atoms with Crippen molar-refractivity contribution < 1.29 is 0 Å². The smallest absolute Gasteiger partial charge is 0.0541 e. The highest BCUT2D eigenvalue weighted by Crippen LogP contribution is 2.33. The van der Waals surface area contributed by atoms with Crippen molar-refractivity contribution >= 4 is 21.8 Å². The van der Waals surface area contributed by atoms with Gasteiger partial charge in [0.15, 0.2) is 0 Å². The van der Waals surface area contributed by atoms with E-state index in [0.29, 0.717) is 0 Å². The van der Waals surface area contributed by atoms with Crippen LogP contribution in [0, 0.1) is 0 Å². The lowest BCUT2D eigenvalue weighted by atomic mass is 9.98. The van der Waals surface area contributed by atoms with Gasteiger partial charge in [-0.1, -0.05) is 97.9 Å². The van der Waals surface area contributed by atoms with Gasteiger partial charge in [-0.05, 0) is 64.6 Å². The molecule has 33 heavy (non-hydrogen) atoms. The van der Waals surface area contributed by atoms with Crippen LogP contribution in [0.1, 0.15) is 12.5 Å². The van der Waals surface area contributed by atoms with E-state index in [1.165, 1.54) is 55.3 Å². The summed E-state index contributed by atoms with van der Waals surface area (Å²) >= 11 is 0. The molecule has 1 nitrogen and oxygen atoms in total. The molecule has 0 saturated heterocycles. The Labute approximate surface area is 194 Å². The minimum absolute atomic E-state index is 1.07. The Morgan fingerprint density at radius 2 is 1.00 bits per heavy atom. The maximum Gasteiger partial charge on any atom is 0.0541 e. The third-order valence-corrected chi connectivity index (χ3v) is 6.60. The van der Waals surface area contributed by atoms with Crippen LogP contribution in [-0.2, 0) is 6.42 Å². The fraction of sp³-hybridized carbons (Fsp3) is 0.0625. The zero-order valence-corrected chi connectivity index (χ0v) is 18.7. The summed E-state index contributed by atoms with van der Waals surface area (Å²) in [6, 6.07) is 44.0. The molecule has 5 aromatic carbocycles. The van der Waals surface area contributed by atoms with Crippen LogP contribution in [0.3, 0.4) is 0 Å². The molecule has 0 bridgehead atoms. The molecule has 1 heteroatoms. The van der Waals surface area contributed by atoms with E-state index in [1.54, 1.807) is 0 Å². The predicted molar refractivity (Wildman–Crippen MR) is 141 cm³/mol. The summed E-state index contributed by atoms with van der Waals surface area (Å²) in [7, 11) is 0. The van der Waals surface area contributed by atoms with Gasteiger partial charge in [-0.15, -0.1) is 0 Å². The fourth-order valence-corrected chi connectivity index (χ4v) is 4.81. The van der Waals surface area contributed by atoms with Gasteiger partial charge in [0.25, 0.3) is 0 Å². The van der Waals surface area contributed by atoms with Crippen LogP contribution in [0.5, 0.6) is 0 Å². The van der Waals surface area contributed by atoms with Crippen molar-refractivity contribution in [3.8, 4) is 27.9 Å². The van der Waals surface area contributed by atoms with E-state index in [0.717, 1.165) is 6.42 Å². The van der Waals surface area contributed by atoms with Gasteiger partial charge in [0.1, 0.15) is 0 Å². The number of nitrogens with zero attached hydrogens (tertiary/aromatic N) is 1. The van der Waals surface area contributed by atoms with E-state index in [4.69, 9.17) is 0 Å². The van der Waals surface area contributed by atoms with Crippen LogP contribution in [-0.4, -0.2) is 4.57 Å². The Morgan fingerprint density at radius 3 is 1.55 bits per heavy atom. The van der Waals surface area contributed by atoms with E-state index < -0.39 is 0 Å². The normalized spacial score (nSPS) is 11.3. The molecular formula is C32H25N. The minimum Gasteiger partial charge on any atom is -0.309 e. The fourth-order valence-electron chi connectivity index (χ4n) is 4.81. The first-order chi connectivity index (χ1) is 16.3. The lowest BCUT2D eigenvalue weighted by Gasteiger charge is -2.10. The lowest BCUT2D eigenvalue weighted by molar-refractivity contribution is 1.14. The predicted octanol–water partition coefficient (Wildman–Crippen LogP) is 8.68. The standard InChI is InChI=1S/C32H25N/c1-2-23-14-16-24(17-15-23)26-8-7-9-27(22-26)25-18-20-28(21-19-25)33-31-12-5-3-10-29(31)30-11-4-6-13-32(30)33/h3-22H,2H2,1H3. The van der Waals surface area contributed by atoms with Crippen LogP contribution < -0.4 is 0 Å². The van der Waals surface area contributed by atoms with Crippen LogP contribution in [0.25, 0.3) is 49.7 Å². The number of para-hydroxylation sites is 2. The molecule has 0 unspecified atom stereocenters. The maximum absolute atomic E-state index is 2.36. The average Bonchev–Trinajstić information content (AvgIpc) is 3.23. The van der Waals surface area contributed by atoms with Gasteiger partial charge in [0, 0.05) is 16.5 Å². The third kappa shape index (κ3) is 3.43. The van der Waals surface area contributed by atoms with Crippen molar-refractivity contribution in [3.05, 3.63) is 127 Å². The van der Waals surface area contributed by atoms with Crippen LogP contribution in [0.2, 0.25) is 0 Å². The van der Waals surface area contributed by atoms with Gasteiger partial charge in [-0.2, -0.15) is 0 Å². The van der Waals surface area contributed by atoms with Gasteiger partial charge in [-0.25, -0.2) is 0 Å². The molecule has 1 aromatic heterocycles. The largest absolute Gasteiger partial charge is 0.309 e. The third-order valence-electron chi connectivity index (χ3n) is 6.60. The molecule has 0 N–H and O–H groups in total. The van der Waals surface area contributed by atoms with Crippen LogP contribution in [0.15, 0.2) is 121 Å². The Kier molecular flexibility index (Phi) is 4.81. The summed E-state index contributed by atoms with van der Waals surface area (Å²) in [5.74, 6) is 0. The molecule has 6 rings (SSSR count). The molecule has 0 radical (unpaired) electrons. The molecule has 0 aliphatic carbocycles. The molecule has 0 atom stereocenters. The number of rotatable bonds is 4. The average molecular weight is 424 g/mol. The minimum atomic E-state index is 1.07. The summed E-state index contributed by atoms with van der Waals surface area (Å²) in [4.78, 5) is 0. The number of hydrogen-bond donors (Lipinski definition) is 0. The first-order valence-electron chi connectivity index (χ1n) is 11.6. The SMILES string of the molecule is CCc1ccc(-c2cccc(-c3ccc(-n4c5ccccc5c5ccccc54)cc3)c2)cc1. The topological polar surface area (TPSA) is 4.93 Å². The quantitative estimate of drug-likeness (QED) is 0.267. The number of aromatic nitrogens is 1. The lowest BCUT2D eigenvalue weighted by Crippen LogP contribution is -1.93. The Hall–Kier alpha value is -4.10. The van der Waals surface area contributed by atoms with Crippen molar-refractivity contribution in [2.24, 2.45) is 0 Å². The zero-order chi connectivity index (χ0) is 22.2. The molecule has 0 amide bonds. The molecule has 0 saturated carbocycles. The summed E-state index contributed by atoms with van der Waals surface area (Å²) in [6.45, 7) is 2.19. The van der Waals surface area contributed by atoms with Crippen molar-refractivity contribution in [1.29, 1.82) is 0 Å². The zero-order valence-electron chi connectivity index (χ0n) is 18.7. The summed E-state index contributed by atoms with van der Waals surface area (Å²) < 4.78 is 2.36. The number of benzene rings is 5. The number of fused-ring (bicyclic) bond motifs is 3. The Morgan fingerprint density at radius 1 is 0.485 bits per heavy atom. The van der Waals surface area contributed by atoms with E-state index in [2.05, 4.69) is 133 Å². The highest BCUT2D eigenvalue weighted by Gasteiger charge is 2.11. The molecule has 0 fully saturated rings. The van der Waals surface area contributed by atoms with E-state index in [1.807, 2.05) is 0 Å². The number of aryl methyl sites for hydroxylation is 1. The van der Waals surface area contributed by atoms with Gasteiger partial charge in [-0.3, -0.25) is 0 Å². The molecule has 158 valence electrons. The molecule has 0 aliphatic rings. The van der Waals surface area contributed by atoms with Gasteiger partial charge >= 0.3 is 0 Å². The molecule has 1 heterocycles. The maximum atomic E-state index is 2.36. The van der Waals surface area contributed by atoms with Crippen LogP contribution in [0.4, 0.5) is 0 Å². The van der Waals surface area contributed by atoms with E-state index in [-0.39, 0.29) is 0 Å². The molecular weight excluding hydrogens is 398 g/mol. The Balaban J connectivity index is 1.40. The highest BCUT2D eigenvalue weighted by atomic mass is 15.0. The summed E-state index contributed by atoms with van der Waals surface area (Å²) in [5, 5.41) is 2.58. The van der Waals surface area contributed by atoms with Gasteiger partial charge in [0.05, 0.1) is 11.0 Å². The van der Waals surface area contributed by atoms with Crippen molar-refractivity contribution in [1.82, 2.24) is 4.57 Å². The van der Waals surface area contributed by atoms with Crippen molar-refractivity contribution in [3.63, 3.8) is 0 Å². The monoisotopic (exact) mass is 423 g/mol. The molecule has 6 aromatic rings. The van der Waals surface area contributed by atoms with Crippen molar-refractivity contribution in [2.75, 3.05) is 0 Å². The highest BCUT2D eigenvalue weighted by molar-refractivity contribution is 6.09. The van der Waals surface area contributed by atoms with Crippen molar-refractivity contribution in [2.45, 2.75) is 13.3 Å². The first kappa shape index (κ1) is 19.6. The van der Waals surface area contributed by atoms with Gasteiger partial charge in [0.2, 0.25) is 0 Å². The second-order valence-corrected chi connectivity index (χ2v) is 8.55. The van der Waals surface area contributed by atoms with Crippen LogP contribution >= 0.6 is 0 Å². The summed E-state index contributed by atoms with van der Waals surface area (Å²) in [5.41, 5.74) is 10.0. The Bertz CT molecular complexity index is 1510. The second-order valence-electron chi connectivity index (χ2n) is 8.55. The molecule has 0 aliphatic heterocycles. The van der Waals surface area contributed by atoms with E-state index >= 15 is 0 Å². The van der Waals surface area contributed by atoms with Gasteiger partial charge < -0.3 is 4.57 Å². The summed E-state index contributed by atoms with van der Waals surface area (Å²) in [6.07, 6.45) is 1.07.